The standard InChI is InChI=1S/C19H30N4OS/c1-13-9-10-14(25-13)12-22(8)17(24)20-16-11-15(18(2,3)4)21-23(16)19(5,6)7/h9-11H,12H2,1-8H3,(H,20,24). The van der Waals surface area contributed by atoms with Crippen molar-refractivity contribution in [2.24, 2.45) is 0 Å². The van der Waals surface area contributed by atoms with E-state index in [4.69, 9.17) is 5.10 Å². The second kappa shape index (κ2) is 6.83. The Morgan fingerprint density at radius 1 is 1.24 bits per heavy atom. The Bertz CT molecular complexity index is 746. The molecule has 6 heteroatoms. The summed E-state index contributed by atoms with van der Waals surface area (Å²) < 4.78 is 1.90. The van der Waals surface area contributed by atoms with Gasteiger partial charge >= 0.3 is 6.03 Å². The molecule has 2 amide bonds. The highest BCUT2D eigenvalue weighted by Gasteiger charge is 2.26. The summed E-state index contributed by atoms with van der Waals surface area (Å²) in [7, 11) is 1.81. The summed E-state index contributed by atoms with van der Waals surface area (Å²) in [4.78, 5) is 16.8. The average molecular weight is 363 g/mol. The molecule has 0 atom stereocenters. The molecule has 2 rings (SSSR count). The van der Waals surface area contributed by atoms with Crippen molar-refractivity contribution in [3.63, 3.8) is 0 Å². The Kier molecular flexibility index (Phi) is 5.33. The van der Waals surface area contributed by atoms with Gasteiger partial charge < -0.3 is 4.90 Å². The highest BCUT2D eigenvalue weighted by Crippen LogP contribution is 2.28. The number of hydrogen-bond donors (Lipinski definition) is 1. The van der Waals surface area contributed by atoms with Crippen LogP contribution in [0.15, 0.2) is 18.2 Å². The minimum Gasteiger partial charge on any atom is -0.322 e. The minimum absolute atomic E-state index is 0.0730. The van der Waals surface area contributed by atoms with Gasteiger partial charge in [-0.05, 0) is 39.8 Å². The molecule has 0 radical (unpaired) electrons. The number of anilines is 1. The number of thiophene rings is 1. The summed E-state index contributed by atoms with van der Waals surface area (Å²) >= 11 is 1.72. The van der Waals surface area contributed by atoms with Gasteiger partial charge in [0, 0.05) is 28.3 Å². The van der Waals surface area contributed by atoms with Gasteiger partial charge in [-0.2, -0.15) is 5.10 Å². The maximum Gasteiger partial charge on any atom is 0.323 e. The molecule has 25 heavy (non-hydrogen) atoms. The van der Waals surface area contributed by atoms with Crippen LogP contribution in [0.5, 0.6) is 0 Å². The number of hydrogen-bond acceptors (Lipinski definition) is 3. The quantitative estimate of drug-likeness (QED) is 0.838. The van der Waals surface area contributed by atoms with Crippen LogP contribution in [0, 0.1) is 6.92 Å². The van der Waals surface area contributed by atoms with Gasteiger partial charge in [-0.25, -0.2) is 9.48 Å². The topological polar surface area (TPSA) is 50.2 Å². The lowest BCUT2D eigenvalue weighted by Crippen LogP contribution is -2.33. The van der Waals surface area contributed by atoms with E-state index in [0.717, 1.165) is 11.5 Å². The number of nitrogens with zero attached hydrogens (tertiary/aromatic N) is 3. The summed E-state index contributed by atoms with van der Waals surface area (Å²) in [6.45, 7) is 15.3. The SMILES string of the molecule is Cc1ccc(CN(C)C(=O)Nc2cc(C(C)(C)C)nn2C(C)(C)C)s1. The lowest BCUT2D eigenvalue weighted by molar-refractivity contribution is 0.220. The average Bonchev–Trinajstić information content (AvgIpc) is 3.04. The molecule has 138 valence electrons. The van der Waals surface area contributed by atoms with Crippen LogP contribution in [-0.2, 0) is 17.5 Å². The van der Waals surface area contributed by atoms with E-state index in [0.29, 0.717) is 6.54 Å². The molecule has 5 nitrogen and oxygen atoms in total. The molecule has 0 bridgehead atoms. The van der Waals surface area contributed by atoms with Crippen LogP contribution in [-0.4, -0.2) is 27.8 Å². The zero-order chi connectivity index (χ0) is 19.0. The van der Waals surface area contributed by atoms with Crippen LogP contribution < -0.4 is 5.32 Å². The predicted octanol–water partition coefficient (Wildman–Crippen LogP) is 4.97. The lowest BCUT2D eigenvalue weighted by Gasteiger charge is -2.24. The van der Waals surface area contributed by atoms with E-state index in [1.165, 1.54) is 9.75 Å². The van der Waals surface area contributed by atoms with Crippen molar-refractivity contribution in [1.29, 1.82) is 0 Å². The number of carbonyl (C=O) groups excluding carboxylic acids is 1. The third-order valence-corrected chi connectivity index (χ3v) is 4.87. The maximum atomic E-state index is 12.6. The third kappa shape index (κ3) is 4.84. The van der Waals surface area contributed by atoms with Gasteiger partial charge in [0.25, 0.3) is 0 Å². The first-order valence-corrected chi connectivity index (χ1v) is 9.38. The number of rotatable bonds is 3. The van der Waals surface area contributed by atoms with Crippen molar-refractivity contribution in [2.75, 3.05) is 12.4 Å². The van der Waals surface area contributed by atoms with Crippen molar-refractivity contribution >= 4 is 23.2 Å². The zero-order valence-electron chi connectivity index (χ0n) is 16.6. The summed E-state index contributed by atoms with van der Waals surface area (Å²) in [6.07, 6.45) is 0. The van der Waals surface area contributed by atoms with Crippen LogP contribution in [0.4, 0.5) is 10.6 Å². The number of nitrogens with one attached hydrogen (secondary N) is 1. The molecule has 0 saturated heterocycles. The first kappa shape index (κ1) is 19.5. The number of urea groups is 1. The second-order valence-electron chi connectivity index (χ2n) is 8.55. The molecule has 0 spiro atoms. The van der Waals surface area contributed by atoms with E-state index in [1.807, 2.05) is 17.8 Å². The fraction of sp³-hybridized carbons (Fsp3) is 0.579. The molecule has 0 unspecified atom stereocenters. The van der Waals surface area contributed by atoms with Crippen molar-refractivity contribution in [3.8, 4) is 0 Å². The van der Waals surface area contributed by atoms with Crippen molar-refractivity contribution < 1.29 is 4.79 Å². The normalized spacial score (nSPS) is 12.3. The van der Waals surface area contributed by atoms with Gasteiger partial charge in [-0.15, -0.1) is 11.3 Å². The fourth-order valence-corrected chi connectivity index (χ4v) is 3.37. The van der Waals surface area contributed by atoms with E-state index < -0.39 is 0 Å². The van der Waals surface area contributed by atoms with Crippen molar-refractivity contribution in [2.45, 2.75) is 66.0 Å². The van der Waals surface area contributed by atoms with Gasteiger partial charge in [0.1, 0.15) is 5.82 Å². The Balaban J connectivity index is 2.20. The highest BCUT2D eigenvalue weighted by atomic mass is 32.1. The number of aromatic nitrogens is 2. The molecule has 0 aliphatic carbocycles. The molecule has 1 N–H and O–H groups in total. The van der Waals surface area contributed by atoms with Crippen molar-refractivity contribution in [3.05, 3.63) is 33.6 Å². The molecule has 0 aromatic carbocycles. The first-order chi connectivity index (χ1) is 11.4. The summed E-state index contributed by atoms with van der Waals surface area (Å²) in [5, 5.41) is 7.77. The summed E-state index contributed by atoms with van der Waals surface area (Å²) in [5.41, 5.74) is 0.681. The summed E-state index contributed by atoms with van der Waals surface area (Å²) in [5.74, 6) is 0.733. The Morgan fingerprint density at radius 2 is 1.88 bits per heavy atom. The van der Waals surface area contributed by atoms with E-state index in [2.05, 4.69) is 65.9 Å². The third-order valence-electron chi connectivity index (χ3n) is 3.88. The second-order valence-corrected chi connectivity index (χ2v) is 9.92. The van der Waals surface area contributed by atoms with Gasteiger partial charge in [0.2, 0.25) is 0 Å². The molecular formula is C19H30N4OS. The van der Waals surface area contributed by atoms with Gasteiger partial charge in [-0.1, -0.05) is 20.8 Å². The molecular weight excluding hydrogens is 332 g/mol. The molecule has 0 saturated carbocycles. The maximum absolute atomic E-state index is 12.6. The number of carbonyl (C=O) groups is 1. The van der Waals surface area contributed by atoms with Crippen LogP contribution in [0.3, 0.4) is 0 Å². The van der Waals surface area contributed by atoms with Crippen LogP contribution in [0.1, 0.15) is 57.0 Å². The summed E-state index contributed by atoms with van der Waals surface area (Å²) in [6, 6.07) is 6.00. The van der Waals surface area contributed by atoms with Crippen LogP contribution in [0.2, 0.25) is 0 Å². The van der Waals surface area contributed by atoms with Gasteiger partial charge in [0.15, 0.2) is 0 Å². The van der Waals surface area contributed by atoms with Crippen LogP contribution in [0.25, 0.3) is 0 Å². The zero-order valence-corrected chi connectivity index (χ0v) is 17.4. The largest absolute Gasteiger partial charge is 0.323 e. The fourth-order valence-electron chi connectivity index (χ4n) is 2.43. The number of amides is 2. The van der Waals surface area contributed by atoms with E-state index in [-0.39, 0.29) is 17.0 Å². The molecule has 0 aliphatic heterocycles. The lowest BCUT2D eigenvalue weighted by atomic mass is 9.92. The predicted molar refractivity (Wildman–Crippen MR) is 105 cm³/mol. The highest BCUT2D eigenvalue weighted by molar-refractivity contribution is 7.11. The molecule has 2 heterocycles. The molecule has 2 aromatic rings. The Hall–Kier alpha value is -1.82. The van der Waals surface area contributed by atoms with E-state index >= 15 is 0 Å². The number of aryl methyl sites for hydroxylation is 1. The van der Waals surface area contributed by atoms with Gasteiger partial charge in [-0.3, -0.25) is 5.32 Å². The monoisotopic (exact) mass is 362 g/mol. The molecule has 0 aliphatic rings. The Morgan fingerprint density at radius 3 is 2.36 bits per heavy atom. The molecule has 2 aromatic heterocycles. The van der Waals surface area contributed by atoms with E-state index in [9.17, 15) is 4.79 Å². The molecule has 0 fully saturated rings. The van der Waals surface area contributed by atoms with Crippen molar-refractivity contribution in [1.82, 2.24) is 14.7 Å². The van der Waals surface area contributed by atoms with Gasteiger partial charge in [0.05, 0.1) is 17.8 Å². The Labute approximate surface area is 155 Å². The van der Waals surface area contributed by atoms with Crippen LogP contribution >= 0.6 is 11.3 Å². The smallest absolute Gasteiger partial charge is 0.322 e. The van der Waals surface area contributed by atoms with E-state index in [1.54, 1.807) is 16.2 Å². The minimum atomic E-state index is -0.213. The first-order valence-electron chi connectivity index (χ1n) is 8.56.